The second-order valence-electron chi connectivity index (χ2n) is 6.67. The van der Waals surface area contributed by atoms with E-state index in [0.29, 0.717) is 0 Å². The first kappa shape index (κ1) is 48.1. The van der Waals surface area contributed by atoms with Gasteiger partial charge < -0.3 is 34.9 Å². The molecule has 0 saturated heterocycles. The fourth-order valence-electron chi connectivity index (χ4n) is 1.94. The van der Waals surface area contributed by atoms with Gasteiger partial charge in [-0.15, -0.1) is 17.7 Å². The van der Waals surface area contributed by atoms with E-state index < -0.39 is 0 Å². The molecule has 0 aliphatic heterocycles. The van der Waals surface area contributed by atoms with Crippen LogP contribution in [0, 0.1) is 36.0 Å². The second kappa shape index (κ2) is 43.4. The zero-order valence-corrected chi connectivity index (χ0v) is 28.0. The van der Waals surface area contributed by atoms with Gasteiger partial charge in [0.1, 0.15) is 0 Å². The molecule has 0 atom stereocenters. The molecule has 0 aliphatic carbocycles. The average molecular weight is 846 g/mol. The van der Waals surface area contributed by atoms with Gasteiger partial charge in [-0.05, 0) is 0 Å². The van der Waals surface area contributed by atoms with Gasteiger partial charge in [0.15, 0.2) is 11.8 Å². The van der Waals surface area contributed by atoms with E-state index in [1.54, 1.807) is 11.8 Å². The topological polar surface area (TPSA) is 64.7 Å². The second-order valence-corrected chi connectivity index (χ2v) is 19.2. The summed E-state index contributed by atoms with van der Waals surface area (Å²) in [6, 6.07) is 9.37. The van der Waals surface area contributed by atoms with Crippen LogP contribution in [0.25, 0.3) is 0 Å². The van der Waals surface area contributed by atoms with E-state index in [-0.39, 0.29) is 72.9 Å². The van der Waals surface area contributed by atoms with Crippen molar-refractivity contribution in [2.24, 2.45) is 0 Å². The molecule has 0 N–H and O–H groups in total. The van der Waals surface area contributed by atoms with Crippen LogP contribution < -0.4 is 0 Å². The third-order valence-electron chi connectivity index (χ3n) is 2.33. The average Bonchev–Trinajstić information content (AvgIpc) is 2.66. The molecular weight excluding hydrogens is 807 g/mol. The Bertz CT molecular complexity index is 462. The standard InChI is InChI=1S/C8H5.2C5H14P2.2CN.CHO.Ir.Pt/c1-2-8-6-4-3-5-7-8;2*1-6(2)5-7(3)4;3*1-2;;/h3-7H;2*5H2,1-4H3;;;1H;;/q-1;;;3*-1;;/p+4. The summed E-state index contributed by atoms with van der Waals surface area (Å²) in [6.45, 7) is 31.9. The van der Waals surface area contributed by atoms with Crippen LogP contribution in [0.3, 0.4) is 0 Å². The zero-order chi connectivity index (χ0) is 23.5. The SMILES string of the molecule is C[PH+](C)C[PH+](C)C.C[PH+](C)C[PH+](C)C.[C-]#Cc1ccccc1.[C-]#N.[C-]#N.[CH-]=O.[Ir].[Pt]. The van der Waals surface area contributed by atoms with Crippen LogP contribution in [-0.4, -0.2) is 71.9 Å². The van der Waals surface area contributed by atoms with Gasteiger partial charge in [0.25, 0.3) is 0 Å². The van der Waals surface area contributed by atoms with Crippen LogP contribution in [0.15, 0.2) is 30.3 Å². The first-order valence-corrected chi connectivity index (χ1v) is 19.3. The van der Waals surface area contributed by atoms with Gasteiger partial charge >= 0.3 is 0 Å². The van der Waals surface area contributed by atoms with Crippen LogP contribution in [-0.2, 0) is 46.0 Å². The molecule has 0 aliphatic rings. The number of carbonyl (C=O) groups excluding carboxylic acids is 1. The van der Waals surface area contributed by atoms with Crippen LogP contribution in [0.5, 0.6) is 0 Å². The maximum absolute atomic E-state index is 7.75. The van der Waals surface area contributed by atoms with Crippen molar-refractivity contribution in [2.75, 3.05) is 65.1 Å². The van der Waals surface area contributed by atoms with Gasteiger partial charge in [0.2, 0.25) is 0 Å². The van der Waals surface area contributed by atoms with E-state index in [9.17, 15) is 0 Å². The van der Waals surface area contributed by atoms with Crippen molar-refractivity contribution in [2.45, 2.75) is 0 Å². The first-order chi connectivity index (χ1) is 13.2. The van der Waals surface area contributed by atoms with E-state index in [4.69, 9.17) is 34.9 Å². The van der Waals surface area contributed by atoms with E-state index in [1.165, 1.54) is 0 Å². The first-order valence-electron chi connectivity index (χ1n) is 8.51. The van der Waals surface area contributed by atoms with Crippen molar-refractivity contribution in [1.29, 1.82) is 10.5 Å². The fraction of sp³-hybridized carbons (Fsp3) is 0.476. The number of hydrogen-bond donors (Lipinski definition) is 0. The minimum atomic E-state index is 0. The molecule has 177 valence electrons. The zero-order valence-electron chi connectivity index (χ0n) is 19.3. The van der Waals surface area contributed by atoms with Crippen molar-refractivity contribution in [3.05, 3.63) is 55.5 Å². The van der Waals surface area contributed by atoms with Crippen molar-refractivity contribution < 1.29 is 46.0 Å². The third kappa shape index (κ3) is 63.0. The van der Waals surface area contributed by atoms with E-state index in [1.807, 2.05) is 30.3 Å². The summed E-state index contributed by atoms with van der Waals surface area (Å²) < 4.78 is 0. The molecule has 3 nitrogen and oxygen atoms in total. The third-order valence-corrected chi connectivity index (χ3v) is 13.6. The predicted octanol–water partition coefficient (Wildman–Crippen LogP) is 5.32. The molecule has 0 heterocycles. The molecule has 1 rings (SSSR count). The molecule has 0 spiro atoms. The van der Waals surface area contributed by atoms with Crippen LogP contribution >= 0.6 is 31.7 Å². The molecule has 1 aromatic carbocycles. The summed E-state index contributed by atoms with van der Waals surface area (Å²) >= 11 is 0. The smallest absolute Gasteiger partial charge is 0.154 e. The molecule has 9 heteroatoms. The molecule has 30 heavy (non-hydrogen) atoms. The minimum absolute atomic E-state index is 0. The minimum Gasteiger partial charge on any atom is -0.545 e. The van der Waals surface area contributed by atoms with Crippen LogP contribution in [0.1, 0.15) is 5.56 Å². The van der Waals surface area contributed by atoms with E-state index in [2.05, 4.69) is 66.0 Å². The molecule has 0 unspecified atom stereocenters. The predicted molar refractivity (Wildman–Crippen MR) is 140 cm³/mol. The van der Waals surface area contributed by atoms with Crippen LogP contribution in [0.2, 0.25) is 0 Å². The summed E-state index contributed by atoms with van der Waals surface area (Å²) in [7, 11) is 0.444. The quantitative estimate of drug-likeness (QED) is 0.179. The summed E-state index contributed by atoms with van der Waals surface area (Å²) in [5, 5.41) is 12.5. The Morgan fingerprint density at radius 3 is 1.07 bits per heavy atom. The number of benzene rings is 1. The molecule has 0 aromatic heterocycles. The molecule has 1 aromatic rings. The summed E-state index contributed by atoms with van der Waals surface area (Å²) in [4.78, 5) is 7.75. The van der Waals surface area contributed by atoms with Crippen molar-refractivity contribution in [1.82, 2.24) is 0 Å². The molecule has 1 radical (unpaired) electrons. The Labute approximate surface area is 220 Å². The summed E-state index contributed by atoms with van der Waals surface area (Å²) in [6.07, 6.45) is 6.69. The monoisotopic (exact) mass is 846 g/mol. The Morgan fingerprint density at radius 1 is 0.733 bits per heavy atom. The van der Waals surface area contributed by atoms with Crippen molar-refractivity contribution in [3.8, 4) is 5.92 Å². The molecule has 0 saturated carbocycles. The Morgan fingerprint density at radius 2 is 0.967 bits per heavy atom. The maximum atomic E-state index is 7.75. The van der Waals surface area contributed by atoms with Crippen molar-refractivity contribution >= 4 is 38.5 Å². The summed E-state index contributed by atoms with van der Waals surface area (Å²) in [5.41, 5.74) is 0.826. The largest absolute Gasteiger partial charge is 0.545 e. The van der Waals surface area contributed by atoms with E-state index >= 15 is 0 Å². The van der Waals surface area contributed by atoms with Gasteiger partial charge in [0.05, 0.1) is 0 Å². The maximum Gasteiger partial charge on any atom is 0.154 e. The molecule has 0 fully saturated rings. The molecular formula is C21H38IrN2OP4Pt. The Hall–Kier alpha value is 0.488. The Balaban J connectivity index is -0.0000000457. The van der Waals surface area contributed by atoms with E-state index in [0.717, 1.165) is 5.56 Å². The van der Waals surface area contributed by atoms with Gasteiger partial charge in [0, 0.05) is 126 Å². The number of rotatable bonds is 4. The normalized spacial score (nSPS) is 7.57. The fourth-order valence-corrected chi connectivity index (χ4v) is 13.2. The van der Waals surface area contributed by atoms with Gasteiger partial charge in [-0.3, -0.25) is 12.7 Å². The number of hydrogen-bond acceptors (Lipinski definition) is 3. The van der Waals surface area contributed by atoms with Gasteiger partial charge in [-0.1, -0.05) is 18.2 Å². The molecule has 0 bridgehead atoms. The Kier molecular flexibility index (Phi) is 69.5. The molecule has 0 amide bonds. The van der Waals surface area contributed by atoms with Crippen LogP contribution in [0.4, 0.5) is 0 Å². The van der Waals surface area contributed by atoms with Gasteiger partial charge in [-0.2, -0.15) is 0 Å². The summed E-state index contributed by atoms with van der Waals surface area (Å²) in [5.74, 6) is 5.41. The van der Waals surface area contributed by atoms with Crippen molar-refractivity contribution in [3.63, 3.8) is 0 Å². The number of nitrogens with zero attached hydrogens (tertiary/aromatic N) is 2. The van der Waals surface area contributed by atoms with Gasteiger partial charge in [-0.25, -0.2) is 0 Å².